The Morgan fingerprint density at radius 2 is 0.735 bits per heavy atom. The zero-order valence-electron chi connectivity index (χ0n) is 31.4. The summed E-state index contributed by atoms with van der Waals surface area (Å²) in [5.74, 6) is 0.587. The first-order chi connectivity index (χ1) is 23.4. The van der Waals surface area contributed by atoms with Gasteiger partial charge in [-0.2, -0.15) is 0 Å². The van der Waals surface area contributed by atoms with Crippen LogP contribution in [0, 0.1) is 0 Å². The van der Waals surface area contributed by atoms with E-state index in [0.29, 0.717) is 34.4 Å². The third-order valence-electron chi connectivity index (χ3n) is 9.66. The maximum atomic E-state index is 14.5. The summed E-state index contributed by atoms with van der Waals surface area (Å²) >= 11 is 1.33. The fraction of sp³-hybridized carbons (Fsp3) is 0.619. The normalized spacial score (nSPS) is 12.4. The van der Waals surface area contributed by atoms with Crippen LogP contribution in [0.1, 0.15) is 167 Å². The summed E-state index contributed by atoms with van der Waals surface area (Å²) < 4.78 is 57.9. The SMILES string of the molecule is CCCCCCCCCCS(=O)(=O)c1c(-c2ccc(C(C)C)cc2)sc(-c2ccc(C(C)C)cc2)c1S(=O)(=O)CCCCCCCCCC. The Hall–Kier alpha value is -1.96. The molecule has 0 fully saturated rings. The Balaban J connectivity index is 2.06. The van der Waals surface area contributed by atoms with Crippen molar-refractivity contribution in [2.75, 3.05) is 11.5 Å². The Kier molecular flexibility index (Phi) is 17.6. The van der Waals surface area contributed by atoms with E-state index in [0.717, 1.165) is 60.8 Å². The van der Waals surface area contributed by atoms with Gasteiger partial charge in [-0.05, 0) is 46.9 Å². The average molecular weight is 729 g/mol. The van der Waals surface area contributed by atoms with Gasteiger partial charge in [0.15, 0.2) is 19.7 Å². The lowest BCUT2D eigenvalue weighted by atomic mass is 10.0. The monoisotopic (exact) mass is 728 g/mol. The second-order valence-electron chi connectivity index (χ2n) is 14.6. The fourth-order valence-corrected chi connectivity index (χ4v) is 12.6. The van der Waals surface area contributed by atoms with Crippen LogP contribution in [0.3, 0.4) is 0 Å². The highest BCUT2D eigenvalue weighted by Crippen LogP contribution is 2.48. The topological polar surface area (TPSA) is 68.3 Å². The average Bonchev–Trinajstić information content (AvgIpc) is 3.50. The minimum absolute atomic E-state index is 0.0280. The Morgan fingerprint density at radius 3 is 1.02 bits per heavy atom. The lowest BCUT2D eigenvalue weighted by molar-refractivity contribution is 0.566. The number of hydrogen-bond acceptors (Lipinski definition) is 5. The summed E-state index contributed by atoms with van der Waals surface area (Å²) in [6, 6.07) is 16.0. The largest absolute Gasteiger partial charge is 0.224 e. The minimum Gasteiger partial charge on any atom is -0.224 e. The molecule has 0 atom stereocenters. The summed E-state index contributed by atoms with van der Waals surface area (Å²) in [6.45, 7) is 12.9. The van der Waals surface area contributed by atoms with Gasteiger partial charge >= 0.3 is 0 Å². The number of benzene rings is 2. The van der Waals surface area contributed by atoms with E-state index < -0.39 is 19.7 Å². The number of thiophene rings is 1. The van der Waals surface area contributed by atoms with E-state index in [2.05, 4.69) is 41.5 Å². The van der Waals surface area contributed by atoms with Crippen molar-refractivity contribution >= 4 is 31.0 Å². The molecule has 0 N–H and O–H groups in total. The van der Waals surface area contributed by atoms with E-state index in [-0.39, 0.29) is 21.3 Å². The van der Waals surface area contributed by atoms with Crippen molar-refractivity contribution in [2.24, 2.45) is 0 Å². The molecule has 1 heterocycles. The van der Waals surface area contributed by atoms with Gasteiger partial charge in [-0.3, -0.25) is 0 Å². The van der Waals surface area contributed by atoms with Crippen molar-refractivity contribution in [3.63, 3.8) is 0 Å². The molecule has 274 valence electrons. The molecule has 0 aliphatic rings. The van der Waals surface area contributed by atoms with Crippen LogP contribution in [-0.2, 0) is 19.7 Å². The van der Waals surface area contributed by atoms with Crippen molar-refractivity contribution in [2.45, 2.75) is 166 Å². The predicted octanol–water partition coefficient (Wildman–Crippen LogP) is 13.2. The van der Waals surface area contributed by atoms with E-state index in [9.17, 15) is 16.8 Å². The third-order valence-corrected chi connectivity index (χ3v) is 15.0. The van der Waals surface area contributed by atoms with Gasteiger partial charge in [0, 0.05) is 0 Å². The third kappa shape index (κ3) is 12.6. The van der Waals surface area contributed by atoms with Crippen LogP contribution >= 0.6 is 11.3 Å². The van der Waals surface area contributed by atoms with Crippen molar-refractivity contribution in [3.8, 4) is 20.9 Å². The molecule has 0 aliphatic heterocycles. The Labute approximate surface area is 304 Å². The first-order valence-corrected chi connectivity index (χ1v) is 23.4. The number of hydrogen-bond donors (Lipinski definition) is 0. The molecule has 7 heteroatoms. The quantitative estimate of drug-likeness (QED) is 0.0861. The fourth-order valence-electron chi connectivity index (χ4n) is 6.44. The molecule has 2 aromatic carbocycles. The van der Waals surface area contributed by atoms with Crippen molar-refractivity contribution in [1.82, 2.24) is 0 Å². The van der Waals surface area contributed by atoms with Crippen LogP contribution in [0.15, 0.2) is 58.3 Å². The standard InChI is InChI=1S/C42H64O4S3/c1-7-9-11-13-15-17-19-21-31-48(43,44)41-39(37-27-23-35(24-28-37)33(3)4)47-40(38-29-25-36(26-30-38)34(5)6)42(41)49(45,46)32-22-20-18-16-14-12-10-8-2/h23-30,33-34H,7-22,31-32H2,1-6H3. The summed E-state index contributed by atoms with van der Waals surface area (Å²) in [4.78, 5) is 1.15. The van der Waals surface area contributed by atoms with Gasteiger partial charge < -0.3 is 0 Å². The van der Waals surface area contributed by atoms with Crippen LogP contribution in [0.25, 0.3) is 20.9 Å². The summed E-state index contributed by atoms with van der Waals surface area (Å²) in [5.41, 5.74) is 3.85. The molecule has 0 amide bonds. The number of sulfone groups is 2. The predicted molar refractivity (Wildman–Crippen MR) is 213 cm³/mol. The molecule has 0 spiro atoms. The van der Waals surface area contributed by atoms with Crippen LogP contribution in [0.2, 0.25) is 0 Å². The summed E-state index contributed by atoms with van der Waals surface area (Å²) in [5, 5.41) is 0. The smallest absolute Gasteiger partial charge is 0.181 e. The van der Waals surface area contributed by atoms with Gasteiger partial charge in [0.2, 0.25) is 0 Å². The van der Waals surface area contributed by atoms with E-state index in [1.165, 1.54) is 62.7 Å². The zero-order valence-corrected chi connectivity index (χ0v) is 33.8. The highest BCUT2D eigenvalue weighted by atomic mass is 32.2. The Morgan fingerprint density at radius 1 is 0.449 bits per heavy atom. The lowest BCUT2D eigenvalue weighted by Gasteiger charge is -2.13. The molecule has 0 radical (unpaired) electrons. The molecule has 3 rings (SSSR count). The van der Waals surface area contributed by atoms with E-state index in [1.807, 2.05) is 48.5 Å². The van der Waals surface area contributed by atoms with E-state index in [4.69, 9.17) is 0 Å². The summed E-state index contributed by atoms with van der Waals surface area (Å²) in [6.07, 6.45) is 16.7. The van der Waals surface area contributed by atoms with E-state index in [1.54, 1.807) is 0 Å². The second kappa shape index (κ2) is 20.8. The highest BCUT2D eigenvalue weighted by molar-refractivity contribution is 7.95. The number of unbranched alkanes of at least 4 members (excludes halogenated alkanes) is 14. The zero-order chi connectivity index (χ0) is 35.9. The molecular formula is C42H64O4S3. The van der Waals surface area contributed by atoms with Gasteiger partial charge in [-0.25, -0.2) is 16.8 Å². The molecule has 4 nitrogen and oxygen atoms in total. The summed E-state index contributed by atoms with van der Waals surface area (Å²) in [7, 11) is -7.81. The van der Waals surface area contributed by atoms with Gasteiger partial charge in [-0.1, -0.05) is 180 Å². The van der Waals surface area contributed by atoms with Crippen LogP contribution in [0.4, 0.5) is 0 Å². The second-order valence-corrected chi connectivity index (χ2v) is 19.7. The van der Waals surface area contributed by atoms with E-state index >= 15 is 0 Å². The molecule has 0 bridgehead atoms. The molecule has 0 saturated carbocycles. The first-order valence-electron chi connectivity index (χ1n) is 19.3. The maximum absolute atomic E-state index is 14.5. The van der Waals surface area contributed by atoms with Gasteiger partial charge in [0.25, 0.3) is 0 Å². The molecule has 3 aromatic rings. The molecule has 1 aromatic heterocycles. The Bertz CT molecular complexity index is 1480. The number of rotatable bonds is 24. The molecule has 49 heavy (non-hydrogen) atoms. The maximum Gasteiger partial charge on any atom is 0.181 e. The molecular weight excluding hydrogens is 665 g/mol. The lowest BCUT2D eigenvalue weighted by Crippen LogP contribution is -2.15. The van der Waals surface area contributed by atoms with Gasteiger partial charge in [0.05, 0.1) is 21.3 Å². The molecule has 0 saturated heterocycles. The van der Waals surface area contributed by atoms with Crippen molar-refractivity contribution in [1.29, 1.82) is 0 Å². The molecule has 0 aliphatic carbocycles. The first kappa shape index (κ1) is 41.5. The minimum atomic E-state index is -3.91. The van der Waals surface area contributed by atoms with Crippen LogP contribution in [0.5, 0.6) is 0 Å². The molecule has 0 unspecified atom stereocenters. The van der Waals surface area contributed by atoms with Crippen molar-refractivity contribution in [3.05, 3.63) is 59.7 Å². The van der Waals surface area contributed by atoms with Crippen molar-refractivity contribution < 1.29 is 16.8 Å². The van der Waals surface area contributed by atoms with Crippen LogP contribution in [-0.4, -0.2) is 28.3 Å². The van der Waals surface area contributed by atoms with Crippen LogP contribution < -0.4 is 0 Å². The highest BCUT2D eigenvalue weighted by Gasteiger charge is 2.36. The van der Waals surface area contributed by atoms with Gasteiger partial charge in [0.1, 0.15) is 9.79 Å². The van der Waals surface area contributed by atoms with Gasteiger partial charge in [-0.15, -0.1) is 11.3 Å².